The van der Waals surface area contributed by atoms with Gasteiger partial charge in [-0.3, -0.25) is 9.20 Å². The predicted octanol–water partition coefficient (Wildman–Crippen LogP) is 3.69. The smallest absolute Gasteiger partial charge is 0.240 e. The molecule has 0 aliphatic heterocycles. The van der Waals surface area contributed by atoms with Crippen LogP contribution in [0.15, 0.2) is 65.0 Å². The Kier molecular flexibility index (Phi) is 5.65. The zero-order valence-corrected chi connectivity index (χ0v) is 19.4. The monoisotopic (exact) mass is 482 g/mol. The van der Waals surface area contributed by atoms with Crippen LogP contribution in [0.5, 0.6) is 5.75 Å². The molecule has 1 saturated carbocycles. The quantitative estimate of drug-likeness (QED) is 0.399. The molecule has 0 saturated heterocycles. The molecule has 0 unspecified atom stereocenters. The van der Waals surface area contributed by atoms with Gasteiger partial charge in [-0.15, -0.1) is 11.3 Å². The lowest BCUT2D eigenvalue weighted by Gasteiger charge is -2.13. The van der Waals surface area contributed by atoms with Gasteiger partial charge in [-0.25, -0.2) is 18.1 Å². The number of hydrogen-bond donors (Lipinski definition) is 2. The van der Waals surface area contributed by atoms with E-state index in [0.717, 1.165) is 34.8 Å². The first-order chi connectivity index (χ1) is 15.9. The lowest BCUT2D eigenvalue weighted by Crippen LogP contribution is -2.26. The summed E-state index contributed by atoms with van der Waals surface area (Å²) in [5, 5.41) is 4.70. The Bertz CT molecular complexity index is 1420. The number of fused-ring (bicyclic) bond motifs is 1. The molecule has 0 spiro atoms. The highest BCUT2D eigenvalue weighted by Crippen LogP contribution is 2.30. The zero-order chi connectivity index (χ0) is 23.0. The minimum atomic E-state index is -3.65. The maximum absolute atomic E-state index is 12.9. The fourth-order valence-electron chi connectivity index (χ4n) is 3.50. The van der Waals surface area contributed by atoms with Crippen LogP contribution in [0.2, 0.25) is 0 Å². The number of sulfonamides is 1. The van der Waals surface area contributed by atoms with Crippen LogP contribution in [0, 0.1) is 0 Å². The maximum Gasteiger partial charge on any atom is 0.240 e. The molecule has 2 N–H and O–H groups in total. The molecule has 8 nitrogen and oxygen atoms in total. The van der Waals surface area contributed by atoms with Gasteiger partial charge in [0.25, 0.3) is 0 Å². The molecule has 1 aliphatic rings. The first-order valence-corrected chi connectivity index (χ1v) is 12.8. The largest absolute Gasteiger partial charge is 0.495 e. The van der Waals surface area contributed by atoms with Crippen molar-refractivity contribution in [2.75, 3.05) is 12.4 Å². The van der Waals surface area contributed by atoms with Crippen LogP contribution in [-0.2, 0) is 21.2 Å². The van der Waals surface area contributed by atoms with Crippen molar-refractivity contribution in [3.05, 3.63) is 65.8 Å². The number of benzene rings is 2. The summed E-state index contributed by atoms with van der Waals surface area (Å²) in [4.78, 5) is 18.4. The average molecular weight is 483 g/mol. The molecule has 170 valence electrons. The van der Waals surface area contributed by atoms with E-state index in [4.69, 9.17) is 4.74 Å². The Hall–Kier alpha value is -3.21. The molecule has 1 fully saturated rings. The van der Waals surface area contributed by atoms with E-state index in [9.17, 15) is 13.2 Å². The van der Waals surface area contributed by atoms with Crippen LogP contribution in [0.3, 0.4) is 0 Å². The van der Waals surface area contributed by atoms with Crippen molar-refractivity contribution in [2.24, 2.45) is 0 Å². The Morgan fingerprint density at radius 2 is 2.00 bits per heavy atom. The molecule has 1 amide bonds. The number of amides is 1. The van der Waals surface area contributed by atoms with Gasteiger partial charge in [0.1, 0.15) is 5.75 Å². The van der Waals surface area contributed by atoms with E-state index in [1.807, 2.05) is 46.3 Å². The van der Waals surface area contributed by atoms with Gasteiger partial charge >= 0.3 is 0 Å². The van der Waals surface area contributed by atoms with Gasteiger partial charge in [0, 0.05) is 28.9 Å². The fourth-order valence-corrected chi connectivity index (χ4v) is 5.71. The lowest BCUT2D eigenvalue weighted by atomic mass is 10.2. The van der Waals surface area contributed by atoms with Gasteiger partial charge in [0.2, 0.25) is 15.9 Å². The minimum Gasteiger partial charge on any atom is -0.495 e. The van der Waals surface area contributed by atoms with Crippen LogP contribution in [-0.4, -0.2) is 36.9 Å². The third-order valence-corrected chi connectivity index (χ3v) is 7.76. The normalized spacial score (nSPS) is 13.8. The standard InChI is InChI=1S/C23H22N4O4S2/c1-31-21-10-9-18(33(29,30)26-16-7-8-16)12-19(21)24-22(28)11-17-14-32-23-25-20(13-27(17)23)15-5-3-2-4-6-15/h2-6,9-10,12-14,16,26H,7-8,11H2,1H3,(H,24,28). The third-order valence-electron chi connectivity index (χ3n) is 5.35. The number of rotatable bonds is 8. The minimum absolute atomic E-state index is 0.00732. The number of ether oxygens (including phenoxy) is 1. The number of hydrogen-bond acceptors (Lipinski definition) is 6. The first kappa shape index (κ1) is 21.6. The van der Waals surface area contributed by atoms with E-state index in [0.29, 0.717) is 11.4 Å². The van der Waals surface area contributed by atoms with Gasteiger partial charge < -0.3 is 10.1 Å². The number of nitrogens with one attached hydrogen (secondary N) is 2. The van der Waals surface area contributed by atoms with E-state index >= 15 is 0 Å². The molecule has 0 atom stereocenters. The Labute approximate surface area is 195 Å². The summed E-state index contributed by atoms with van der Waals surface area (Å²) in [6.45, 7) is 0. The molecular weight excluding hydrogens is 460 g/mol. The summed E-state index contributed by atoms with van der Waals surface area (Å²) in [5.41, 5.74) is 2.95. The average Bonchev–Trinajstić information content (AvgIpc) is 3.38. The van der Waals surface area contributed by atoms with Gasteiger partial charge in [-0.1, -0.05) is 30.3 Å². The Morgan fingerprint density at radius 3 is 2.73 bits per heavy atom. The van der Waals surface area contributed by atoms with Crippen molar-refractivity contribution in [3.63, 3.8) is 0 Å². The summed E-state index contributed by atoms with van der Waals surface area (Å²) in [7, 11) is -2.18. The maximum atomic E-state index is 12.9. The molecule has 2 heterocycles. The van der Waals surface area contributed by atoms with E-state index in [1.54, 1.807) is 6.07 Å². The van der Waals surface area contributed by atoms with Crippen LogP contribution in [0.4, 0.5) is 5.69 Å². The van der Waals surface area contributed by atoms with E-state index in [1.165, 1.54) is 30.6 Å². The molecule has 2 aromatic heterocycles. The molecule has 10 heteroatoms. The fraction of sp³-hybridized carbons (Fsp3) is 0.217. The molecule has 33 heavy (non-hydrogen) atoms. The van der Waals surface area contributed by atoms with Crippen LogP contribution in [0.25, 0.3) is 16.2 Å². The zero-order valence-electron chi connectivity index (χ0n) is 17.8. The number of methoxy groups -OCH3 is 1. The van der Waals surface area contributed by atoms with Crippen molar-refractivity contribution in [2.45, 2.75) is 30.2 Å². The van der Waals surface area contributed by atoms with E-state index < -0.39 is 10.0 Å². The van der Waals surface area contributed by atoms with Crippen LogP contribution < -0.4 is 14.8 Å². The van der Waals surface area contributed by atoms with Crippen molar-refractivity contribution < 1.29 is 17.9 Å². The highest BCUT2D eigenvalue weighted by molar-refractivity contribution is 7.89. The number of aromatic nitrogens is 2. The Morgan fingerprint density at radius 1 is 1.21 bits per heavy atom. The molecule has 0 radical (unpaired) electrons. The van der Waals surface area contributed by atoms with Gasteiger partial charge in [-0.2, -0.15) is 0 Å². The van der Waals surface area contributed by atoms with Crippen LogP contribution >= 0.6 is 11.3 Å². The summed E-state index contributed by atoms with van der Waals surface area (Å²) in [6.07, 6.45) is 3.70. The second-order valence-corrected chi connectivity index (χ2v) is 10.4. The number of carbonyl (C=O) groups excluding carboxylic acids is 1. The highest BCUT2D eigenvalue weighted by atomic mass is 32.2. The SMILES string of the molecule is COc1ccc(S(=O)(=O)NC2CC2)cc1NC(=O)Cc1csc2nc(-c3ccccc3)cn12. The number of carbonyl (C=O) groups is 1. The molecule has 0 bridgehead atoms. The number of imidazole rings is 1. The molecule has 2 aromatic carbocycles. The van der Waals surface area contributed by atoms with Crippen LogP contribution in [0.1, 0.15) is 18.5 Å². The summed E-state index contributed by atoms with van der Waals surface area (Å²) in [5.74, 6) is 0.103. The summed E-state index contributed by atoms with van der Waals surface area (Å²) < 4.78 is 35.0. The van der Waals surface area contributed by atoms with Crippen molar-refractivity contribution in [1.82, 2.24) is 14.1 Å². The van der Waals surface area contributed by atoms with E-state index in [2.05, 4.69) is 15.0 Å². The molecule has 5 rings (SSSR count). The third kappa shape index (κ3) is 4.63. The van der Waals surface area contributed by atoms with Crippen molar-refractivity contribution in [1.29, 1.82) is 0 Å². The van der Waals surface area contributed by atoms with Crippen molar-refractivity contribution in [3.8, 4) is 17.0 Å². The number of anilines is 1. The highest BCUT2D eigenvalue weighted by Gasteiger charge is 2.28. The first-order valence-electron chi connectivity index (χ1n) is 10.4. The summed E-state index contributed by atoms with van der Waals surface area (Å²) in [6, 6.07) is 14.3. The summed E-state index contributed by atoms with van der Waals surface area (Å²) >= 11 is 1.46. The number of thiazole rings is 1. The predicted molar refractivity (Wildman–Crippen MR) is 127 cm³/mol. The second kappa shape index (κ2) is 8.62. The number of nitrogens with zero attached hydrogens (tertiary/aromatic N) is 2. The van der Waals surface area contributed by atoms with Gasteiger partial charge in [0.15, 0.2) is 4.96 Å². The molecule has 4 aromatic rings. The van der Waals surface area contributed by atoms with Gasteiger partial charge in [0.05, 0.1) is 29.8 Å². The lowest BCUT2D eigenvalue weighted by molar-refractivity contribution is -0.115. The van der Waals surface area contributed by atoms with Gasteiger partial charge in [-0.05, 0) is 31.0 Å². The second-order valence-electron chi connectivity index (χ2n) is 7.85. The van der Waals surface area contributed by atoms with E-state index in [-0.39, 0.29) is 23.3 Å². The molecular formula is C23H22N4O4S2. The molecule has 1 aliphatic carbocycles. The Balaban J connectivity index is 1.36. The van der Waals surface area contributed by atoms with Crippen molar-refractivity contribution >= 4 is 37.9 Å². The topological polar surface area (TPSA) is 102 Å².